The Kier molecular flexibility index (Phi) is 5.72. The Bertz CT molecular complexity index is 455. The van der Waals surface area contributed by atoms with E-state index in [9.17, 15) is 9.90 Å². The largest absolute Gasteiger partial charge is 0.467 e. The van der Waals surface area contributed by atoms with E-state index in [1.165, 1.54) is 25.2 Å². The predicted octanol–water partition coefficient (Wildman–Crippen LogP) is 2.21. The Labute approximate surface area is 121 Å². The van der Waals surface area contributed by atoms with E-state index < -0.39 is 11.6 Å². The number of aryl methyl sites for hydroxylation is 1. The number of carbonyl (C=O) groups excluding carboxylic acids is 1. The van der Waals surface area contributed by atoms with Gasteiger partial charge < -0.3 is 15.2 Å². The van der Waals surface area contributed by atoms with Gasteiger partial charge in [-0.1, -0.05) is 38.1 Å². The van der Waals surface area contributed by atoms with Gasteiger partial charge in [0.05, 0.1) is 7.11 Å². The highest BCUT2D eigenvalue weighted by atomic mass is 16.5. The number of hydrogen-bond donors (Lipinski definition) is 2. The summed E-state index contributed by atoms with van der Waals surface area (Å²) in [5.74, 6) is -0.290. The van der Waals surface area contributed by atoms with Gasteiger partial charge in [0.2, 0.25) is 0 Å². The zero-order chi connectivity index (χ0) is 15.3. The molecule has 0 amide bonds. The van der Waals surface area contributed by atoms with Gasteiger partial charge in [-0.05, 0) is 30.9 Å². The third-order valence-corrected chi connectivity index (χ3v) is 3.48. The maximum atomic E-state index is 11.5. The first-order chi connectivity index (χ1) is 9.29. The van der Waals surface area contributed by atoms with Crippen molar-refractivity contribution in [3.8, 4) is 0 Å². The SMILES string of the molecule is COC(=O)[C@](C)(O)CN[C@H](c1ccccc1C)C(C)C. The molecule has 1 aromatic carbocycles. The Balaban J connectivity index is 2.85. The normalized spacial score (nSPS) is 15.8. The van der Waals surface area contributed by atoms with E-state index >= 15 is 0 Å². The average Bonchev–Trinajstić information content (AvgIpc) is 2.39. The van der Waals surface area contributed by atoms with E-state index in [4.69, 9.17) is 0 Å². The van der Waals surface area contributed by atoms with Gasteiger partial charge in [0.25, 0.3) is 0 Å². The van der Waals surface area contributed by atoms with E-state index in [1.807, 2.05) is 12.1 Å². The molecule has 2 N–H and O–H groups in total. The van der Waals surface area contributed by atoms with Crippen LogP contribution in [0.3, 0.4) is 0 Å². The van der Waals surface area contributed by atoms with Gasteiger partial charge in [0.1, 0.15) is 0 Å². The van der Waals surface area contributed by atoms with Crippen molar-refractivity contribution in [1.29, 1.82) is 0 Å². The molecule has 0 aromatic heterocycles. The highest BCUT2D eigenvalue weighted by molar-refractivity contribution is 5.78. The molecule has 0 aliphatic carbocycles. The van der Waals surface area contributed by atoms with Crippen LogP contribution in [0.1, 0.15) is 37.9 Å². The monoisotopic (exact) mass is 279 g/mol. The Morgan fingerprint density at radius 1 is 1.40 bits per heavy atom. The van der Waals surface area contributed by atoms with Crippen LogP contribution in [0.4, 0.5) is 0 Å². The van der Waals surface area contributed by atoms with Gasteiger partial charge in [0.15, 0.2) is 5.60 Å². The lowest BCUT2D eigenvalue weighted by atomic mass is 9.92. The topological polar surface area (TPSA) is 58.6 Å². The smallest absolute Gasteiger partial charge is 0.338 e. The van der Waals surface area contributed by atoms with Gasteiger partial charge in [-0.25, -0.2) is 4.79 Å². The van der Waals surface area contributed by atoms with E-state index in [-0.39, 0.29) is 12.6 Å². The summed E-state index contributed by atoms with van der Waals surface area (Å²) in [6.07, 6.45) is 0. The van der Waals surface area contributed by atoms with Gasteiger partial charge in [-0.15, -0.1) is 0 Å². The lowest BCUT2D eigenvalue weighted by molar-refractivity contribution is -0.160. The van der Waals surface area contributed by atoms with Crippen LogP contribution in [-0.2, 0) is 9.53 Å². The molecule has 0 aliphatic heterocycles. The molecule has 0 fully saturated rings. The Hall–Kier alpha value is -1.39. The van der Waals surface area contributed by atoms with E-state index in [0.29, 0.717) is 5.92 Å². The molecule has 1 aromatic rings. The van der Waals surface area contributed by atoms with Crippen LogP contribution < -0.4 is 5.32 Å². The maximum absolute atomic E-state index is 11.5. The predicted molar refractivity (Wildman–Crippen MR) is 79.4 cm³/mol. The Morgan fingerprint density at radius 3 is 2.50 bits per heavy atom. The standard InChI is InChI=1S/C16H25NO3/c1-11(2)14(13-9-7-6-8-12(13)3)17-10-16(4,19)15(18)20-5/h6-9,11,14,17,19H,10H2,1-5H3/t14-,16+/m0/s1. The van der Waals surface area contributed by atoms with Gasteiger partial charge >= 0.3 is 5.97 Å². The molecule has 0 spiro atoms. The molecule has 20 heavy (non-hydrogen) atoms. The minimum atomic E-state index is -1.52. The first kappa shape index (κ1) is 16.7. The summed E-state index contributed by atoms with van der Waals surface area (Å²) in [7, 11) is 1.28. The molecule has 1 rings (SSSR count). The van der Waals surface area contributed by atoms with Crippen molar-refractivity contribution >= 4 is 5.97 Å². The van der Waals surface area contributed by atoms with Crippen molar-refractivity contribution in [1.82, 2.24) is 5.32 Å². The first-order valence-electron chi connectivity index (χ1n) is 6.89. The van der Waals surface area contributed by atoms with Crippen molar-refractivity contribution in [3.05, 3.63) is 35.4 Å². The second-order valence-corrected chi connectivity index (χ2v) is 5.72. The summed E-state index contributed by atoms with van der Waals surface area (Å²) in [5.41, 5.74) is 0.851. The number of aliphatic hydroxyl groups is 1. The second-order valence-electron chi connectivity index (χ2n) is 5.72. The molecule has 0 saturated carbocycles. The third-order valence-electron chi connectivity index (χ3n) is 3.48. The molecule has 4 heteroatoms. The fourth-order valence-corrected chi connectivity index (χ4v) is 2.24. The van der Waals surface area contributed by atoms with Crippen molar-refractivity contribution < 1.29 is 14.6 Å². The van der Waals surface area contributed by atoms with E-state index in [2.05, 4.69) is 43.0 Å². The third kappa shape index (κ3) is 4.05. The van der Waals surface area contributed by atoms with Gasteiger partial charge in [-0.2, -0.15) is 0 Å². The van der Waals surface area contributed by atoms with Crippen molar-refractivity contribution in [2.24, 2.45) is 5.92 Å². The molecule has 0 aliphatic rings. The molecule has 0 saturated heterocycles. The maximum Gasteiger partial charge on any atom is 0.338 e. The zero-order valence-corrected chi connectivity index (χ0v) is 12.9. The number of ether oxygens (including phenoxy) is 1. The van der Waals surface area contributed by atoms with E-state index in [0.717, 1.165) is 0 Å². The van der Waals surface area contributed by atoms with Crippen LogP contribution in [0.15, 0.2) is 24.3 Å². The Morgan fingerprint density at radius 2 is 2.00 bits per heavy atom. The lowest BCUT2D eigenvalue weighted by Gasteiger charge is -2.28. The quantitative estimate of drug-likeness (QED) is 0.784. The number of benzene rings is 1. The zero-order valence-electron chi connectivity index (χ0n) is 12.9. The molecule has 4 nitrogen and oxygen atoms in total. The number of hydrogen-bond acceptors (Lipinski definition) is 4. The molecule has 0 heterocycles. The summed E-state index contributed by atoms with van der Waals surface area (Å²) >= 11 is 0. The van der Waals surface area contributed by atoms with Crippen LogP contribution in [0.2, 0.25) is 0 Å². The summed E-state index contributed by atoms with van der Waals surface area (Å²) in [5, 5.41) is 13.4. The van der Waals surface area contributed by atoms with Crippen molar-refractivity contribution in [3.63, 3.8) is 0 Å². The number of carbonyl (C=O) groups is 1. The number of esters is 1. The molecular formula is C16H25NO3. The molecular weight excluding hydrogens is 254 g/mol. The van der Waals surface area contributed by atoms with Gasteiger partial charge in [-0.3, -0.25) is 0 Å². The second kappa shape index (κ2) is 6.86. The van der Waals surface area contributed by atoms with Crippen LogP contribution >= 0.6 is 0 Å². The van der Waals surface area contributed by atoms with Crippen LogP contribution in [0, 0.1) is 12.8 Å². The van der Waals surface area contributed by atoms with Crippen LogP contribution in [-0.4, -0.2) is 30.3 Å². The summed E-state index contributed by atoms with van der Waals surface area (Å²) in [6, 6.07) is 8.20. The number of rotatable bonds is 6. The summed E-state index contributed by atoms with van der Waals surface area (Å²) in [6.45, 7) is 7.89. The molecule has 2 atom stereocenters. The number of methoxy groups -OCH3 is 1. The minimum absolute atomic E-state index is 0.0762. The molecule has 0 unspecified atom stereocenters. The van der Waals surface area contributed by atoms with Gasteiger partial charge in [0, 0.05) is 12.6 Å². The number of nitrogens with one attached hydrogen (secondary N) is 1. The highest BCUT2D eigenvalue weighted by Crippen LogP contribution is 2.25. The molecule has 112 valence electrons. The molecule has 0 radical (unpaired) electrons. The minimum Gasteiger partial charge on any atom is -0.467 e. The molecule has 0 bridgehead atoms. The van der Waals surface area contributed by atoms with E-state index in [1.54, 1.807) is 0 Å². The van der Waals surface area contributed by atoms with Crippen LogP contribution in [0.5, 0.6) is 0 Å². The average molecular weight is 279 g/mol. The first-order valence-corrected chi connectivity index (χ1v) is 6.89. The fraction of sp³-hybridized carbons (Fsp3) is 0.562. The van der Waals surface area contributed by atoms with Crippen molar-refractivity contribution in [2.75, 3.05) is 13.7 Å². The summed E-state index contributed by atoms with van der Waals surface area (Å²) in [4.78, 5) is 11.5. The summed E-state index contributed by atoms with van der Waals surface area (Å²) < 4.78 is 4.61. The highest BCUT2D eigenvalue weighted by Gasteiger charge is 2.32. The van der Waals surface area contributed by atoms with Crippen molar-refractivity contribution in [2.45, 2.75) is 39.3 Å². The van der Waals surface area contributed by atoms with Crippen LogP contribution in [0.25, 0.3) is 0 Å². The fourth-order valence-electron chi connectivity index (χ4n) is 2.24. The lowest BCUT2D eigenvalue weighted by Crippen LogP contribution is -2.47.